The van der Waals surface area contributed by atoms with E-state index in [9.17, 15) is 18.0 Å². The van der Waals surface area contributed by atoms with E-state index in [0.29, 0.717) is 22.2 Å². The van der Waals surface area contributed by atoms with Crippen molar-refractivity contribution in [1.82, 2.24) is 9.55 Å². The van der Waals surface area contributed by atoms with Crippen LogP contribution in [0.2, 0.25) is 0 Å². The summed E-state index contributed by atoms with van der Waals surface area (Å²) in [4.78, 5) is 33.5. The van der Waals surface area contributed by atoms with Gasteiger partial charge in [-0.1, -0.05) is 47.7 Å². The van der Waals surface area contributed by atoms with E-state index in [0.717, 1.165) is 21.3 Å². The summed E-state index contributed by atoms with van der Waals surface area (Å²) < 4.78 is 27.8. The molecule has 0 aliphatic rings. The highest BCUT2D eigenvalue weighted by molar-refractivity contribution is 7.92. The van der Waals surface area contributed by atoms with Gasteiger partial charge in [-0.2, -0.15) is 4.99 Å². The van der Waals surface area contributed by atoms with Crippen molar-refractivity contribution in [3.8, 4) is 11.3 Å². The van der Waals surface area contributed by atoms with E-state index < -0.39 is 33.2 Å². The van der Waals surface area contributed by atoms with Gasteiger partial charge in [0.2, 0.25) is 5.91 Å². The molecule has 0 atom stereocenters. The van der Waals surface area contributed by atoms with E-state index in [1.54, 1.807) is 5.38 Å². The molecule has 1 N–H and O–H groups in total. The van der Waals surface area contributed by atoms with Crippen molar-refractivity contribution in [2.24, 2.45) is 4.99 Å². The van der Waals surface area contributed by atoms with E-state index in [4.69, 9.17) is 0 Å². The van der Waals surface area contributed by atoms with Gasteiger partial charge >= 0.3 is 0 Å². The number of sulfone groups is 1. The van der Waals surface area contributed by atoms with Crippen LogP contribution in [-0.2, 0) is 26.0 Å². The molecule has 2 amide bonds. The van der Waals surface area contributed by atoms with Gasteiger partial charge < -0.3 is 9.88 Å². The number of carbonyl (C=O) groups excluding carboxylic acids is 2. The fraction of sp³-hybridized carbons (Fsp3) is 0.217. The third-order valence-electron chi connectivity index (χ3n) is 4.89. The van der Waals surface area contributed by atoms with E-state index in [1.807, 2.05) is 66.9 Å². The van der Waals surface area contributed by atoms with E-state index in [2.05, 4.69) is 15.3 Å². The van der Waals surface area contributed by atoms with Crippen molar-refractivity contribution in [2.75, 3.05) is 16.8 Å². The first-order chi connectivity index (χ1) is 16.2. The largest absolute Gasteiger partial charge is 0.317 e. The summed E-state index contributed by atoms with van der Waals surface area (Å²) in [6, 6.07) is 15.4. The molecule has 11 heteroatoms. The normalized spacial score (nSPS) is 12.2. The molecule has 0 aliphatic carbocycles. The molecule has 2 heterocycles. The molecule has 2 aromatic heterocycles. The predicted octanol–water partition coefficient (Wildman–Crippen LogP) is 3.64. The minimum absolute atomic E-state index is 0.291. The van der Waals surface area contributed by atoms with Crippen LogP contribution in [0.25, 0.3) is 21.5 Å². The third kappa shape index (κ3) is 5.66. The lowest BCUT2D eigenvalue weighted by Gasteiger charge is -2.03. The van der Waals surface area contributed by atoms with Gasteiger partial charge in [-0.3, -0.25) is 9.59 Å². The molecule has 0 spiro atoms. The molecule has 0 aliphatic heterocycles. The SMILES string of the molecule is CCn1c(=NC(=O)CS(=O)(=O)CC(=O)Nc2nc(-c3ccccc3)cs2)sc2cc(C)ccc21. The molecular formula is C23H22N4O4S3. The lowest BCUT2D eigenvalue weighted by Crippen LogP contribution is -2.28. The summed E-state index contributed by atoms with van der Waals surface area (Å²) in [7, 11) is -4.01. The van der Waals surface area contributed by atoms with Crippen LogP contribution < -0.4 is 10.1 Å². The van der Waals surface area contributed by atoms with Crippen molar-refractivity contribution < 1.29 is 18.0 Å². The Hall–Kier alpha value is -3.15. The Morgan fingerprint density at radius 1 is 1.12 bits per heavy atom. The van der Waals surface area contributed by atoms with Crippen LogP contribution in [0, 0.1) is 6.92 Å². The van der Waals surface area contributed by atoms with Gasteiger partial charge in [0.15, 0.2) is 19.8 Å². The number of benzene rings is 2. The van der Waals surface area contributed by atoms with Crippen LogP contribution in [0.15, 0.2) is 58.9 Å². The molecule has 4 aromatic rings. The van der Waals surface area contributed by atoms with Gasteiger partial charge in [0, 0.05) is 17.5 Å². The van der Waals surface area contributed by atoms with Crippen molar-refractivity contribution in [2.45, 2.75) is 20.4 Å². The number of carbonyl (C=O) groups is 2. The molecule has 0 saturated carbocycles. The zero-order valence-electron chi connectivity index (χ0n) is 18.5. The van der Waals surface area contributed by atoms with Gasteiger partial charge in [-0.05, 0) is 31.5 Å². The average Bonchev–Trinajstić information content (AvgIpc) is 3.36. The number of nitrogens with one attached hydrogen (secondary N) is 1. The number of nitrogens with zero attached hydrogens (tertiary/aromatic N) is 3. The second-order valence-electron chi connectivity index (χ2n) is 7.59. The number of anilines is 1. The first-order valence-electron chi connectivity index (χ1n) is 10.4. The standard InChI is InChI=1S/C23H22N4O4S3/c1-3-27-18-10-9-15(2)11-19(18)33-23(27)26-21(29)14-34(30,31)13-20(28)25-22-24-17(12-32-22)16-7-5-4-6-8-16/h4-12H,3,13-14H2,1-2H3,(H,24,25,28). The van der Waals surface area contributed by atoms with Gasteiger partial charge in [0.05, 0.1) is 15.9 Å². The molecule has 0 saturated heterocycles. The molecule has 0 fully saturated rings. The summed E-state index contributed by atoms with van der Waals surface area (Å²) in [6.07, 6.45) is 0. The van der Waals surface area contributed by atoms with Crippen LogP contribution in [0.5, 0.6) is 0 Å². The van der Waals surface area contributed by atoms with Crippen molar-refractivity contribution >= 4 is 59.7 Å². The Morgan fingerprint density at radius 3 is 2.62 bits per heavy atom. The molecule has 176 valence electrons. The molecule has 8 nitrogen and oxygen atoms in total. The molecule has 34 heavy (non-hydrogen) atoms. The molecule has 4 rings (SSSR count). The molecule has 2 aromatic carbocycles. The summed E-state index contributed by atoms with van der Waals surface area (Å²) in [5.74, 6) is -3.22. The lowest BCUT2D eigenvalue weighted by molar-refractivity contribution is -0.115. The van der Waals surface area contributed by atoms with Crippen LogP contribution in [0.1, 0.15) is 12.5 Å². The zero-order valence-corrected chi connectivity index (χ0v) is 21.0. The van der Waals surface area contributed by atoms with Gasteiger partial charge in [-0.25, -0.2) is 13.4 Å². The highest BCUT2D eigenvalue weighted by Crippen LogP contribution is 2.24. The smallest absolute Gasteiger partial charge is 0.263 e. The van der Waals surface area contributed by atoms with Crippen molar-refractivity contribution in [1.29, 1.82) is 0 Å². The second-order valence-corrected chi connectivity index (χ2v) is 11.5. The Balaban J connectivity index is 1.43. The quantitative estimate of drug-likeness (QED) is 0.405. The minimum Gasteiger partial charge on any atom is -0.317 e. The number of rotatable bonds is 7. The first-order valence-corrected chi connectivity index (χ1v) is 13.9. The number of hydrogen-bond acceptors (Lipinski definition) is 7. The number of amides is 2. The average molecular weight is 515 g/mol. The van der Waals surface area contributed by atoms with Gasteiger partial charge in [0.1, 0.15) is 11.5 Å². The van der Waals surface area contributed by atoms with E-state index in [-0.39, 0.29) is 0 Å². The number of aromatic nitrogens is 2. The third-order valence-corrected chi connectivity index (χ3v) is 8.08. The Kier molecular flexibility index (Phi) is 7.05. The number of aryl methyl sites for hydroxylation is 2. The predicted molar refractivity (Wildman–Crippen MR) is 136 cm³/mol. The lowest BCUT2D eigenvalue weighted by atomic mass is 10.2. The first kappa shape index (κ1) is 24.0. The zero-order chi connectivity index (χ0) is 24.3. The second kappa shape index (κ2) is 10.00. The van der Waals surface area contributed by atoms with Gasteiger partial charge in [0.25, 0.3) is 5.91 Å². The maximum atomic E-state index is 12.5. The summed E-state index contributed by atoms with van der Waals surface area (Å²) in [6.45, 7) is 4.49. The van der Waals surface area contributed by atoms with Crippen LogP contribution >= 0.6 is 22.7 Å². The molecule has 0 radical (unpaired) electrons. The van der Waals surface area contributed by atoms with E-state index >= 15 is 0 Å². The van der Waals surface area contributed by atoms with Crippen molar-refractivity contribution in [3.63, 3.8) is 0 Å². The van der Waals surface area contributed by atoms with E-state index in [1.165, 1.54) is 22.7 Å². The summed E-state index contributed by atoms with van der Waals surface area (Å²) in [5.41, 5.74) is 3.59. The van der Waals surface area contributed by atoms with Gasteiger partial charge in [-0.15, -0.1) is 11.3 Å². The van der Waals surface area contributed by atoms with Crippen LogP contribution in [0.3, 0.4) is 0 Å². The monoisotopic (exact) mass is 514 g/mol. The van der Waals surface area contributed by atoms with Crippen molar-refractivity contribution in [3.05, 3.63) is 64.3 Å². The molecule has 0 bridgehead atoms. The maximum absolute atomic E-state index is 12.5. The Bertz CT molecular complexity index is 1530. The molecule has 0 unspecified atom stereocenters. The summed E-state index contributed by atoms with van der Waals surface area (Å²) >= 11 is 2.52. The Labute approximate surface area is 204 Å². The fourth-order valence-corrected chi connectivity index (χ4v) is 6.34. The summed E-state index contributed by atoms with van der Waals surface area (Å²) in [5, 5.41) is 4.56. The highest BCUT2D eigenvalue weighted by atomic mass is 32.2. The van der Waals surface area contributed by atoms with Crippen LogP contribution in [-0.4, -0.2) is 41.3 Å². The molecular weight excluding hydrogens is 492 g/mol. The number of thiazole rings is 2. The maximum Gasteiger partial charge on any atom is 0.263 e. The number of fused-ring (bicyclic) bond motifs is 1. The topological polar surface area (TPSA) is 110 Å². The van der Waals surface area contributed by atoms with Crippen LogP contribution in [0.4, 0.5) is 5.13 Å². The minimum atomic E-state index is -4.01. The Morgan fingerprint density at radius 2 is 1.88 bits per heavy atom. The fourth-order valence-electron chi connectivity index (χ4n) is 3.38. The number of hydrogen-bond donors (Lipinski definition) is 1. The highest BCUT2D eigenvalue weighted by Gasteiger charge is 2.22.